The molecule has 7 nitrogen and oxygen atoms in total. The van der Waals surface area contributed by atoms with Gasteiger partial charge in [0.25, 0.3) is 0 Å². The minimum atomic E-state index is -0.938. The van der Waals surface area contributed by atoms with Crippen molar-refractivity contribution >= 4 is 17.9 Å². The van der Waals surface area contributed by atoms with Gasteiger partial charge in [-0.15, -0.1) is 0 Å². The normalized spacial score (nSPS) is 14.0. The fourth-order valence-electron chi connectivity index (χ4n) is 3.42. The summed E-state index contributed by atoms with van der Waals surface area (Å²) in [5.74, 6) is -2.48. The molecule has 9 heteroatoms. The Morgan fingerprint density at radius 3 is 2.76 bits per heavy atom. The van der Waals surface area contributed by atoms with Gasteiger partial charge in [-0.1, -0.05) is 35.9 Å². The number of aryl methyl sites for hydroxylation is 1. The predicted octanol–water partition coefficient (Wildman–Crippen LogP) is 3.97. The topological polar surface area (TPSA) is 71.9 Å². The maximum atomic E-state index is 15.3. The molecule has 0 unspecified atom stereocenters. The van der Waals surface area contributed by atoms with Crippen molar-refractivity contribution in [2.75, 3.05) is 43.2 Å². The van der Waals surface area contributed by atoms with Crippen molar-refractivity contribution < 1.29 is 18.3 Å². The smallest absolute Gasteiger partial charge is 0.212 e. The largest absolute Gasteiger partial charge is 0.487 e. The molecule has 1 aliphatic rings. The van der Waals surface area contributed by atoms with E-state index in [-0.39, 0.29) is 18.2 Å². The fourth-order valence-corrected chi connectivity index (χ4v) is 3.42. The van der Waals surface area contributed by atoms with Gasteiger partial charge in [-0.25, -0.2) is 4.98 Å². The first-order valence-electron chi connectivity index (χ1n) is 10.7. The molecule has 1 aromatic carbocycles. The molecule has 0 bridgehead atoms. The minimum absolute atomic E-state index is 0.000733. The van der Waals surface area contributed by atoms with Crippen molar-refractivity contribution in [3.63, 3.8) is 0 Å². The van der Waals surface area contributed by atoms with Crippen molar-refractivity contribution in [1.29, 1.82) is 0 Å². The fraction of sp³-hybridized carbons (Fsp3) is 0.292. The Bertz CT molecular complexity index is 1110. The van der Waals surface area contributed by atoms with E-state index < -0.39 is 17.4 Å². The first-order valence-corrected chi connectivity index (χ1v) is 10.7. The number of hydrazone groups is 1. The average molecular weight is 453 g/mol. The van der Waals surface area contributed by atoms with Gasteiger partial charge in [0.1, 0.15) is 0 Å². The van der Waals surface area contributed by atoms with Gasteiger partial charge in [0, 0.05) is 31.4 Å². The molecule has 0 aliphatic carbocycles. The van der Waals surface area contributed by atoms with Gasteiger partial charge in [0.05, 0.1) is 26.0 Å². The zero-order valence-electron chi connectivity index (χ0n) is 18.3. The Morgan fingerprint density at radius 1 is 1.15 bits per heavy atom. The summed E-state index contributed by atoms with van der Waals surface area (Å²) in [4.78, 5) is 10.1. The van der Waals surface area contributed by atoms with Crippen LogP contribution in [0, 0.1) is 18.6 Å². The second-order valence-electron chi connectivity index (χ2n) is 7.54. The van der Waals surface area contributed by atoms with Gasteiger partial charge in [-0.3, -0.25) is 10.4 Å². The number of benzene rings is 1. The third-order valence-corrected chi connectivity index (χ3v) is 5.09. The summed E-state index contributed by atoms with van der Waals surface area (Å²) in [5, 5.41) is 4.09. The lowest BCUT2D eigenvalue weighted by Crippen LogP contribution is -2.37. The quantitative estimate of drug-likeness (QED) is 0.411. The number of pyridine rings is 2. The van der Waals surface area contributed by atoms with E-state index in [2.05, 4.69) is 20.5 Å². The van der Waals surface area contributed by atoms with Crippen molar-refractivity contribution in [2.24, 2.45) is 5.10 Å². The highest BCUT2D eigenvalue weighted by Crippen LogP contribution is 2.33. The summed E-state index contributed by atoms with van der Waals surface area (Å²) in [5.41, 5.74) is 5.28. The maximum Gasteiger partial charge on any atom is 0.212 e. The van der Waals surface area contributed by atoms with Crippen molar-refractivity contribution in [3.05, 3.63) is 77.1 Å². The molecule has 0 saturated carbocycles. The van der Waals surface area contributed by atoms with E-state index in [0.717, 1.165) is 16.8 Å². The third-order valence-electron chi connectivity index (χ3n) is 5.09. The molecular weight excluding hydrogens is 428 g/mol. The number of anilines is 2. The van der Waals surface area contributed by atoms with E-state index in [1.54, 1.807) is 23.4 Å². The zero-order valence-corrected chi connectivity index (χ0v) is 18.3. The van der Waals surface area contributed by atoms with Crippen LogP contribution in [0.15, 0.2) is 53.8 Å². The Kier molecular flexibility index (Phi) is 7.41. The molecule has 1 aliphatic heterocycles. The van der Waals surface area contributed by atoms with Gasteiger partial charge in [0.15, 0.2) is 17.4 Å². The number of morpholine rings is 1. The summed E-state index contributed by atoms with van der Waals surface area (Å²) in [7, 11) is 0. The van der Waals surface area contributed by atoms with Crippen LogP contribution in [0.4, 0.5) is 20.4 Å². The Hall–Kier alpha value is -3.59. The molecule has 0 atom stereocenters. The number of rotatable bonds is 8. The summed E-state index contributed by atoms with van der Waals surface area (Å²) >= 11 is 0. The lowest BCUT2D eigenvalue weighted by atomic mass is 10.2. The monoisotopic (exact) mass is 453 g/mol. The Labute approximate surface area is 191 Å². The second-order valence-corrected chi connectivity index (χ2v) is 7.54. The van der Waals surface area contributed by atoms with Gasteiger partial charge < -0.3 is 14.4 Å². The van der Waals surface area contributed by atoms with Crippen LogP contribution in [0.3, 0.4) is 0 Å². The number of nitrogens with one attached hydrogen (secondary N) is 1. The lowest BCUT2D eigenvalue weighted by molar-refractivity contribution is 0.122. The number of hydrogen-bond acceptors (Lipinski definition) is 7. The summed E-state index contributed by atoms with van der Waals surface area (Å²) in [6, 6.07) is 13.2. The number of halogens is 2. The summed E-state index contributed by atoms with van der Waals surface area (Å²) in [6.07, 6.45) is 3.62. The molecule has 33 heavy (non-hydrogen) atoms. The highest BCUT2D eigenvalue weighted by atomic mass is 19.1. The van der Waals surface area contributed by atoms with Crippen LogP contribution >= 0.6 is 0 Å². The number of hydrogen-bond donors (Lipinski definition) is 1. The highest BCUT2D eigenvalue weighted by molar-refractivity contribution is 5.80. The minimum Gasteiger partial charge on any atom is -0.487 e. The highest BCUT2D eigenvalue weighted by Gasteiger charge is 2.26. The standard InChI is InChI=1S/C24H25F2N5O2/c1-17-5-4-6-18(15-17)16-28-30-23-20(25)22(33-12-8-19-7-2-3-9-27-19)21(26)24(29-23)31-10-13-32-14-11-31/h2-7,9,15-16H,8,10-14H2,1H3,(H,29,30)/b28-16+. The van der Waals surface area contributed by atoms with E-state index in [1.165, 1.54) is 0 Å². The van der Waals surface area contributed by atoms with E-state index in [9.17, 15) is 0 Å². The second kappa shape index (κ2) is 10.8. The van der Waals surface area contributed by atoms with Crippen molar-refractivity contribution in [3.8, 4) is 5.75 Å². The van der Waals surface area contributed by atoms with Crippen molar-refractivity contribution in [2.45, 2.75) is 13.3 Å². The number of nitrogens with zero attached hydrogens (tertiary/aromatic N) is 4. The molecule has 0 spiro atoms. The molecule has 1 N–H and O–H groups in total. The molecule has 1 fully saturated rings. The van der Waals surface area contributed by atoms with Crippen molar-refractivity contribution in [1.82, 2.24) is 9.97 Å². The van der Waals surface area contributed by atoms with Crippen LogP contribution in [0.5, 0.6) is 5.75 Å². The maximum absolute atomic E-state index is 15.3. The van der Waals surface area contributed by atoms with E-state index in [0.29, 0.717) is 32.7 Å². The van der Waals surface area contributed by atoms with Gasteiger partial charge in [-0.2, -0.15) is 13.9 Å². The van der Waals surface area contributed by atoms with E-state index >= 15 is 8.78 Å². The van der Waals surface area contributed by atoms with Crippen LogP contribution in [0.1, 0.15) is 16.8 Å². The number of aromatic nitrogens is 2. The van der Waals surface area contributed by atoms with Crippen LogP contribution in [0.25, 0.3) is 0 Å². The molecule has 3 aromatic rings. The molecular formula is C24H25F2N5O2. The van der Waals surface area contributed by atoms with Crippen LogP contribution in [-0.2, 0) is 11.2 Å². The first-order chi connectivity index (χ1) is 16.1. The third kappa shape index (κ3) is 5.81. The Balaban J connectivity index is 1.58. The number of ether oxygens (including phenoxy) is 2. The first kappa shape index (κ1) is 22.6. The van der Waals surface area contributed by atoms with Gasteiger partial charge in [-0.05, 0) is 24.6 Å². The van der Waals surface area contributed by atoms with Crippen LogP contribution in [-0.4, -0.2) is 49.1 Å². The van der Waals surface area contributed by atoms with E-state index in [4.69, 9.17) is 9.47 Å². The zero-order chi connectivity index (χ0) is 23.0. The van der Waals surface area contributed by atoms with E-state index in [1.807, 2.05) is 43.3 Å². The summed E-state index contributed by atoms with van der Waals surface area (Å²) < 4.78 is 41.3. The SMILES string of the molecule is Cc1cccc(/C=N/Nc2nc(N3CCOCC3)c(F)c(OCCc3ccccn3)c2F)c1. The van der Waals surface area contributed by atoms with Gasteiger partial charge in [0.2, 0.25) is 11.6 Å². The molecule has 1 saturated heterocycles. The molecule has 2 aromatic heterocycles. The molecule has 3 heterocycles. The molecule has 172 valence electrons. The molecule has 0 amide bonds. The van der Waals surface area contributed by atoms with Crippen LogP contribution < -0.4 is 15.1 Å². The molecule has 4 rings (SSSR count). The predicted molar refractivity (Wildman–Crippen MR) is 123 cm³/mol. The Morgan fingerprint density at radius 2 is 2.00 bits per heavy atom. The van der Waals surface area contributed by atoms with Crippen LogP contribution in [0.2, 0.25) is 0 Å². The summed E-state index contributed by atoms with van der Waals surface area (Å²) in [6.45, 7) is 3.77. The lowest BCUT2D eigenvalue weighted by Gasteiger charge is -2.29. The average Bonchev–Trinajstić information content (AvgIpc) is 2.84. The molecule has 0 radical (unpaired) electrons. The van der Waals surface area contributed by atoms with Gasteiger partial charge >= 0.3 is 0 Å².